The minimum absolute atomic E-state index is 0. The van der Waals surface area contributed by atoms with Crippen molar-refractivity contribution < 1.29 is 4.79 Å². The third kappa shape index (κ3) is 10.1. The van der Waals surface area contributed by atoms with Gasteiger partial charge in [-0.25, -0.2) is 0 Å². The van der Waals surface area contributed by atoms with Crippen molar-refractivity contribution in [3.63, 3.8) is 0 Å². The standard InChI is InChI=1S/C3H5NO.Be.2H/c1-2-3(4)5;;;/h2H,1H2,(H2,4,5);;;. The second-order valence-corrected chi connectivity index (χ2v) is 0.606. The van der Waals surface area contributed by atoms with Crippen LogP contribution in [-0.2, 0) is 4.79 Å². The molecule has 0 aliphatic carbocycles. The fourth-order valence-electron chi connectivity index (χ4n) is 0. The van der Waals surface area contributed by atoms with Crippen molar-refractivity contribution >= 4 is 16.0 Å². The van der Waals surface area contributed by atoms with Gasteiger partial charge in [0.2, 0.25) is 5.91 Å². The van der Waals surface area contributed by atoms with E-state index in [1.165, 1.54) is 0 Å². The predicted octanol–water partition coefficient (Wildman–Crippen LogP) is -1.26. The number of amides is 1. The molecule has 0 radical (unpaired) electrons. The number of carbonyl (C=O) groups is 1. The molecular formula is C3H7BeNO. The summed E-state index contributed by atoms with van der Waals surface area (Å²) >= 11 is 0. The van der Waals surface area contributed by atoms with Gasteiger partial charge in [-0.05, 0) is 6.08 Å². The Morgan fingerprint density at radius 1 is 1.83 bits per heavy atom. The molecule has 0 heterocycles. The molecule has 0 aromatic heterocycles. The zero-order valence-electron chi connectivity index (χ0n) is 2.77. The molecular weight excluding hydrogens is 75.1 g/mol. The molecule has 0 atom stereocenters. The SMILES string of the molecule is C=CC(N)=O.[BeH2]. The first-order valence-electron chi connectivity index (χ1n) is 1.19. The van der Waals surface area contributed by atoms with Crippen LogP contribution in [-0.4, -0.2) is 16.0 Å². The van der Waals surface area contributed by atoms with Crippen molar-refractivity contribution in [2.24, 2.45) is 5.73 Å². The van der Waals surface area contributed by atoms with Crippen LogP contribution in [0.25, 0.3) is 0 Å². The van der Waals surface area contributed by atoms with Gasteiger partial charge in [0.05, 0.1) is 0 Å². The van der Waals surface area contributed by atoms with Crippen molar-refractivity contribution in [1.29, 1.82) is 0 Å². The molecule has 0 rings (SSSR count). The molecule has 0 aliphatic rings. The van der Waals surface area contributed by atoms with Gasteiger partial charge >= 0.3 is 10.1 Å². The van der Waals surface area contributed by atoms with E-state index in [0.29, 0.717) is 0 Å². The Morgan fingerprint density at radius 3 is 2.00 bits per heavy atom. The van der Waals surface area contributed by atoms with E-state index in [0.717, 1.165) is 6.08 Å². The number of primary amides is 1. The summed E-state index contributed by atoms with van der Waals surface area (Å²) in [7, 11) is 0. The Balaban J connectivity index is 0. The van der Waals surface area contributed by atoms with Crippen LogP contribution in [0, 0.1) is 0 Å². The second kappa shape index (κ2) is 4.38. The molecule has 0 unspecified atom stereocenters. The number of carbonyl (C=O) groups excluding carboxylic acids is 1. The zero-order valence-corrected chi connectivity index (χ0v) is 2.77. The molecule has 0 bridgehead atoms. The van der Waals surface area contributed by atoms with Gasteiger partial charge in [-0.3, -0.25) is 4.79 Å². The summed E-state index contributed by atoms with van der Waals surface area (Å²) in [6.07, 6.45) is 1.06. The Labute approximate surface area is 40.2 Å². The van der Waals surface area contributed by atoms with E-state index >= 15 is 0 Å². The summed E-state index contributed by atoms with van der Waals surface area (Å²) in [6.45, 7) is 3.09. The molecule has 0 aromatic rings. The van der Waals surface area contributed by atoms with E-state index < -0.39 is 5.91 Å². The van der Waals surface area contributed by atoms with E-state index in [4.69, 9.17) is 0 Å². The van der Waals surface area contributed by atoms with Crippen molar-refractivity contribution in [3.05, 3.63) is 12.7 Å². The quantitative estimate of drug-likeness (QED) is 0.311. The Hall–Kier alpha value is -0.621. The average Bonchev–Trinajstić information content (AvgIpc) is 1.38. The van der Waals surface area contributed by atoms with Crippen molar-refractivity contribution in [2.75, 3.05) is 0 Å². The molecule has 0 saturated carbocycles. The first-order chi connectivity index (χ1) is 2.27. The van der Waals surface area contributed by atoms with Crippen LogP contribution in [0.4, 0.5) is 0 Å². The minimum atomic E-state index is -0.481. The Kier molecular flexibility index (Phi) is 6.59. The molecule has 1 amide bonds. The van der Waals surface area contributed by atoms with Crippen molar-refractivity contribution in [3.8, 4) is 0 Å². The molecule has 2 nitrogen and oxygen atoms in total. The summed E-state index contributed by atoms with van der Waals surface area (Å²) in [4.78, 5) is 9.47. The van der Waals surface area contributed by atoms with Crippen LogP contribution in [0.3, 0.4) is 0 Å². The molecule has 2 N–H and O–H groups in total. The number of hydrogen-bond donors (Lipinski definition) is 1. The normalized spacial score (nSPS) is 5.33. The molecule has 0 aliphatic heterocycles. The summed E-state index contributed by atoms with van der Waals surface area (Å²) in [6, 6.07) is 0. The van der Waals surface area contributed by atoms with Crippen molar-refractivity contribution in [1.82, 2.24) is 0 Å². The Morgan fingerprint density at radius 2 is 2.00 bits per heavy atom. The van der Waals surface area contributed by atoms with E-state index in [9.17, 15) is 4.79 Å². The number of hydrogen-bond acceptors (Lipinski definition) is 1. The predicted molar refractivity (Wildman–Crippen MR) is 27.9 cm³/mol. The zero-order chi connectivity index (χ0) is 4.28. The summed E-state index contributed by atoms with van der Waals surface area (Å²) < 4.78 is 0. The number of rotatable bonds is 1. The molecule has 0 saturated heterocycles. The molecule has 3 heteroatoms. The fourth-order valence-corrected chi connectivity index (χ4v) is 0. The fraction of sp³-hybridized carbons (Fsp3) is 0. The average molecular weight is 82.1 g/mol. The van der Waals surface area contributed by atoms with Gasteiger partial charge in [-0.2, -0.15) is 0 Å². The third-order valence-electron chi connectivity index (χ3n) is 0.201. The second-order valence-electron chi connectivity index (χ2n) is 0.606. The maximum atomic E-state index is 9.47. The molecule has 0 spiro atoms. The van der Waals surface area contributed by atoms with Gasteiger partial charge in [0.25, 0.3) is 0 Å². The molecule has 0 fully saturated rings. The van der Waals surface area contributed by atoms with Crippen LogP contribution in [0.2, 0.25) is 0 Å². The van der Waals surface area contributed by atoms with Gasteiger partial charge in [0.1, 0.15) is 0 Å². The Bertz CT molecular complexity index is 61.8. The maximum absolute atomic E-state index is 9.47. The topological polar surface area (TPSA) is 43.1 Å². The summed E-state index contributed by atoms with van der Waals surface area (Å²) in [5.74, 6) is -0.481. The summed E-state index contributed by atoms with van der Waals surface area (Å²) in [5.41, 5.74) is 4.53. The van der Waals surface area contributed by atoms with Crippen LogP contribution >= 0.6 is 0 Å². The van der Waals surface area contributed by atoms with Gasteiger partial charge in [-0.1, -0.05) is 6.58 Å². The monoisotopic (exact) mass is 82.1 g/mol. The van der Waals surface area contributed by atoms with Crippen LogP contribution in [0.15, 0.2) is 12.7 Å². The third-order valence-corrected chi connectivity index (χ3v) is 0.201. The van der Waals surface area contributed by atoms with E-state index in [1.807, 2.05) is 0 Å². The van der Waals surface area contributed by atoms with Gasteiger partial charge in [-0.15, -0.1) is 0 Å². The van der Waals surface area contributed by atoms with E-state index in [2.05, 4.69) is 12.3 Å². The molecule has 32 valence electrons. The van der Waals surface area contributed by atoms with Crippen LogP contribution in [0.1, 0.15) is 0 Å². The number of nitrogens with two attached hydrogens (primary N) is 1. The molecule has 0 aromatic carbocycles. The van der Waals surface area contributed by atoms with Gasteiger partial charge in [0.15, 0.2) is 0 Å². The summed E-state index contributed by atoms with van der Waals surface area (Å²) in [5, 5.41) is 0. The van der Waals surface area contributed by atoms with Gasteiger partial charge in [0, 0.05) is 0 Å². The van der Waals surface area contributed by atoms with Crippen LogP contribution < -0.4 is 5.73 Å². The molecule has 6 heavy (non-hydrogen) atoms. The van der Waals surface area contributed by atoms with E-state index in [1.54, 1.807) is 0 Å². The van der Waals surface area contributed by atoms with Crippen LogP contribution in [0.5, 0.6) is 0 Å². The van der Waals surface area contributed by atoms with Crippen molar-refractivity contribution in [2.45, 2.75) is 0 Å². The van der Waals surface area contributed by atoms with E-state index in [-0.39, 0.29) is 10.1 Å². The first kappa shape index (κ1) is 9.03. The van der Waals surface area contributed by atoms with Gasteiger partial charge < -0.3 is 5.73 Å². The first-order valence-corrected chi connectivity index (χ1v) is 1.19.